The Kier molecular flexibility index (Phi) is 4.69. The van der Waals surface area contributed by atoms with Gasteiger partial charge in [-0.05, 0) is 37.0 Å². The molecule has 1 aliphatic rings. The van der Waals surface area contributed by atoms with E-state index in [4.69, 9.17) is 29.6 Å². The molecule has 1 aromatic carbocycles. The summed E-state index contributed by atoms with van der Waals surface area (Å²) in [5.41, 5.74) is 6.01. The molecule has 0 bridgehead atoms. The molecule has 0 radical (unpaired) electrons. The first-order chi connectivity index (χ1) is 9.32. The molecule has 2 rings (SSSR count). The number of halogens is 1. The number of rotatable bonds is 3. The molecule has 4 nitrogen and oxygen atoms in total. The van der Waals surface area contributed by atoms with Gasteiger partial charge in [0.25, 0.3) is 0 Å². The lowest BCUT2D eigenvalue weighted by molar-refractivity contribution is 0.288. The van der Waals surface area contributed by atoms with Gasteiger partial charge in [0.05, 0.1) is 9.92 Å². The van der Waals surface area contributed by atoms with Crippen molar-refractivity contribution in [1.29, 1.82) is 0 Å². The lowest BCUT2D eigenvalue weighted by Crippen LogP contribution is -2.37. The highest BCUT2D eigenvalue weighted by Gasteiger charge is 2.28. The smallest absolute Gasteiger partial charge is 0.243 e. The number of nitrogens with two attached hydrogens (primary N) is 1. The van der Waals surface area contributed by atoms with Crippen LogP contribution >= 0.6 is 23.8 Å². The number of nitrogens with zero attached hydrogens (tertiary/aromatic N) is 1. The molecule has 1 heterocycles. The lowest BCUT2D eigenvalue weighted by atomic mass is 10.0. The molecule has 1 fully saturated rings. The van der Waals surface area contributed by atoms with Crippen LogP contribution in [-0.2, 0) is 10.0 Å². The van der Waals surface area contributed by atoms with Crippen molar-refractivity contribution < 1.29 is 8.42 Å². The fourth-order valence-corrected chi connectivity index (χ4v) is 4.31. The summed E-state index contributed by atoms with van der Waals surface area (Å²) in [6, 6.07) is 4.49. The molecule has 0 amide bonds. The highest BCUT2D eigenvalue weighted by molar-refractivity contribution is 7.89. The first-order valence-electron chi connectivity index (χ1n) is 6.42. The molecule has 1 saturated heterocycles. The predicted octanol–water partition coefficient (Wildman–Crippen LogP) is 2.39. The van der Waals surface area contributed by atoms with Crippen LogP contribution in [0, 0.1) is 5.92 Å². The number of benzene rings is 1. The maximum atomic E-state index is 12.5. The third-order valence-electron chi connectivity index (χ3n) is 3.59. The van der Waals surface area contributed by atoms with E-state index in [0.717, 1.165) is 12.8 Å². The quantitative estimate of drug-likeness (QED) is 0.863. The average Bonchev–Trinajstić information content (AvgIpc) is 2.38. The van der Waals surface area contributed by atoms with E-state index in [1.54, 1.807) is 6.07 Å². The lowest BCUT2D eigenvalue weighted by Gasteiger charge is -2.29. The third-order valence-corrected chi connectivity index (χ3v) is 6.01. The molecular weight excluding hydrogens is 316 g/mol. The number of hydrogen-bond acceptors (Lipinski definition) is 3. The maximum absolute atomic E-state index is 12.5. The van der Waals surface area contributed by atoms with Crippen LogP contribution in [0.2, 0.25) is 5.02 Å². The van der Waals surface area contributed by atoms with Crippen molar-refractivity contribution in [3.63, 3.8) is 0 Å². The zero-order valence-electron chi connectivity index (χ0n) is 11.2. The summed E-state index contributed by atoms with van der Waals surface area (Å²) in [5, 5.41) is 0.268. The van der Waals surface area contributed by atoms with Crippen molar-refractivity contribution in [2.24, 2.45) is 11.7 Å². The van der Waals surface area contributed by atoms with Gasteiger partial charge in [-0.25, -0.2) is 8.42 Å². The summed E-state index contributed by atoms with van der Waals surface area (Å²) in [4.78, 5) is 0.350. The summed E-state index contributed by atoms with van der Waals surface area (Å²) < 4.78 is 26.6. The first kappa shape index (κ1) is 15.7. The number of hydrogen-bond donors (Lipinski definition) is 1. The van der Waals surface area contributed by atoms with E-state index in [1.165, 1.54) is 16.4 Å². The van der Waals surface area contributed by atoms with Crippen molar-refractivity contribution >= 4 is 38.8 Å². The largest absolute Gasteiger partial charge is 0.389 e. The molecule has 0 aromatic heterocycles. The Morgan fingerprint density at radius 1 is 1.40 bits per heavy atom. The minimum Gasteiger partial charge on any atom is -0.389 e. The van der Waals surface area contributed by atoms with Crippen molar-refractivity contribution in [3.05, 3.63) is 28.8 Å². The SMILES string of the molecule is CC1CCN(S(=O)(=O)c2ccc(C(N)=S)c(Cl)c2)CC1. The molecule has 2 N–H and O–H groups in total. The van der Waals surface area contributed by atoms with Gasteiger partial charge in [0.1, 0.15) is 4.99 Å². The molecule has 0 aliphatic carbocycles. The number of piperidine rings is 1. The van der Waals surface area contributed by atoms with Gasteiger partial charge in [0.15, 0.2) is 0 Å². The second-order valence-electron chi connectivity index (χ2n) is 5.09. The first-order valence-corrected chi connectivity index (χ1v) is 8.64. The van der Waals surface area contributed by atoms with E-state index in [1.807, 2.05) is 0 Å². The molecule has 0 spiro atoms. The van der Waals surface area contributed by atoms with Crippen LogP contribution in [0.5, 0.6) is 0 Å². The number of sulfonamides is 1. The van der Waals surface area contributed by atoms with E-state index in [9.17, 15) is 8.42 Å². The van der Waals surface area contributed by atoms with Crippen molar-refractivity contribution in [3.8, 4) is 0 Å². The Balaban J connectivity index is 2.30. The highest BCUT2D eigenvalue weighted by atomic mass is 35.5. The van der Waals surface area contributed by atoms with E-state index in [0.29, 0.717) is 24.6 Å². The Bertz CT molecular complexity index is 623. The molecule has 7 heteroatoms. The maximum Gasteiger partial charge on any atom is 0.243 e. The molecule has 0 unspecified atom stereocenters. The molecule has 1 aliphatic heterocycles. The van der Waals surface area contributed by atoms with Crippen LogP contribution < -0.4 is 5.73 Å². The Morgan fingerprint density at radius 2 is 2.00 bits per heavy atom. The van der Waals surface area contributed by atoms with Crippen LogP contribution in [0.15, 0.2) is 23.1 Å². The van der Waals surface area contributed by atoms with Crippen LogP contribution in [0.25, 0.3) is 0 Å². The van der Waals surface area contributed by atoms with Crippen LogP contribution in [0.1, 0.15) is 25.3 Å². The fourth-order valence-electron chi connectivity index (χ4n) is 2.23. The summed E-state index contributed by atoms with van der Waals surface area (Å²) >= 11 is 10.9. The summed E-state index contributed by atoms with van der Waals surface area (Å²) in [6.07, 6.45) is 1.77. The molecule has 20 heavy (non-hydrogen) atoms. The zero-order valence-corrected chi connectivity index (χ0v) is 13.6. The fraction of sp³-hybridized carbons (Fsp3) is 0.462. The third kappa shape index (κ3) is 3.14. The van der Waals surface area contributed by atoms with E-state index in [-0.39, 0.29) is 14.9 Å². The second-order valence-corrected chi connectivity index (χ2v) is 7.88. The minimum absolute atomic E-state index is 0.158. The van der Waals surface area contributed by atoms with Gasteiger partial charge in [-0.2, -0.15) is 4.31 Å². The standard InChI is InChI=1S/C13H17ClN2O2S2/c1-9-4-6-16(7-5-9)20(17,18)10-2-3-11(13(15)19)12(14)8-10/h2-3,8-9H,4-7H2,1H3,(H2,15,19). The molecule has 0 atom stereocenters. The molecule has 110 valence electrons. The average molecular weight is 333 g/mol. The van der Waals surface area contributed by atoms with Crippen molar-refractivity contribution in [2.75, 3.05) is 13.1 Å². The Hall–Kier alpha value is -0.690. The number of thiocarbonyl (C=S) groups is 1. The van der Waals surface area contributed by atoms with E-state index >= 15 is 0 Å². The summed E-state index contributed by atoms with van der Waals surface area (Å²) in [5.74, 6) is 0.571. The predicted molar refractivity (Wildman–Crippen MR) is 84.5 cm³/mol. The van der Waals surface area contributed by atoms with Gasteiger partial charge in [-0.3, -0.25) is 0 Å². The van der Waals surface area contributed by atoms with Gasteiger partial charge in [-0.15, -0.1) is 0 Å². The van der Waals surface area contributed by atoms with Crippen LogP contribution in [0.4, 0.5) is 0 Å². The van der Waals surface area contributed by atoms with Crippen molar-refractivity contribution in [2.45, 2.75) is 24.7 Å². The Labute approximate surface area is 130 Å². The summed E-state index contributed by atoms with van der Waals surface area (Å²) in [6.45, 7) is 3.24. The van der Waals surface area contributed by atoms with Crippen molar-refractivity contribution in [1.82, 2.24) is 4.31 Å². The second kappa shape index (κ2) is 5.97. The molecule has 1 aromatic rings. The van der Waals surface area contributed by atoms with Gasteiger partial charge in [0, 0.05) is 18.7 Å². The minimum atomic E-state index is -3.49. The molecular formula is C13H17ClN2O2S2. The van der Waals surface area contributed by atoms with Gasteiger partial charge >= 0.3 is 0 Å². The molecule has 0 saturated carbocycles. The van der Waals surface area contributed by atoms with Crippen LogP contribution in [-0.4, -0.2) is 30.8 Å². The van der Waals surface area contributed by atoms with Crippen LogP contribution in [0.3, 0.4) is 0 Å². The zero-order chi connectivity index (χ0) is 14.9. The van der Waals surface area contributed by atoms with Gasteiger partial charge in [0.2, 0.25) is 10.0 Å². The summed E-state index contributed by atoms with van der Waals surface area (Å²) in [7, 11) is -3.49. The van der Waals surface area contributed by atoms with Gasteiger partial charge < -0.3 is 5.73 Å². The van der Waals surface area contributed by atoms with E-state index < -0.39 is 10.0 Å². The highest BCUT2D eigenvalue weighted by Crippen LogP contribution is 2.26. The van der Waals surface area contributed by atoms with E-state index in [2.05, 4.69) is 6.92 Å². The van der Waals surface area contributed by atoms with Gasteiger partial charge in [-0.1, -0.05) is 30.7 Å². The Morgan fingerprint density at radius 3 is 2.50 bits per heavy atom. The topological polar surface area (TPSA) is 63.4 Å². The monoisotopic (exact) mass is 332 g/mol. The normalized spacial score (nSPS) is 18.1.